The fraction of sp³-hybridized carbons (Fsp3) is 0.667. The molecule has 0 spiro atoms. The van der Waals surface area contributed by atoms with Gasteiger partial charge in [0.1, 0.15) is 0 Å². The van der Waals surface area contributed by atoms with Gasteiger partial charge in [-0.2, -0.15) is 0 Å². The van der Waals surface area contributed by atoms with Gasteiger partial charge in [0.2, 0.25) is 0 Å². The molecule has 0 saturated heterocycles. The molecule has 0 aliphatic carbocycles. The van der Waals surface area contributed by atoms with Crippen molar-refractivity contribution in [1.82, 2.24) is 0 Å². The van der Waals surface area contributed by atoms with Crippen molar-refractivity contribution < 1.29 is 4.79 Å². The highest BCUT2D eigenvalue weighted by Gasteiger charge is 2.05. The van der Waals surface area contributed by atoms with Crippen LogP contribution in [-0.2, 0) is 4.79 Å². The Balaban J connectivity index is 4.26. The minimum atomic E-state index is 0.148. The van der Waals surface area contributed by atoms with Crippen molar-refractivity contribution in [3.63, 3.8) is 0 Å². The Bertz CT molecular complexity index is 161. The third-order valence-electron chi connectivity index (χ3n) is 1.68. The Labute approximate surface area is 73.3 Å². The van der Waals surface area contributed by atoms with Crippen LogP contribution in [0.25, 0.3) is 0 Å². The molecule has 1 unspecified atom stereocenters. The molecule has 0 bridgehead atoms. The monoisotopic (exact) mass is 172 g/mol. The second-order valence-electron chi connectivity index (χ2n) is 2.67. The molecule has 0 aromatic rings. The van der Waals surface area contributed by atoms with Crippen LogP contribution in [0.2, 0.25) is 0 Å². The SMILES string of the molecule is CCC(C)/C(=C\C(C)=O)SC. The van der Waals surface area contributed by atoms with Gasteiger partial charge in [-0.3, -0.25) is 4.79 Å². The van der Waals surface area contributed by atoms with E-state index in [9.17, 15) is 4.79 Å². The Kier molecular flexibility index (Phi) is 5.30. The van der Waals surface area contributed by atoms with Gasteiger partial charge in [0.25, 0.3) is 0 Å². The minimum Gasteiger partial charge on any atom is -0.295 e. The molecule has 0 heterocycles. The summed E-state index contributed by atoms with van der Waals surface area (Å²) in [7, 11) is 0. The van der Waals surface area contributed by atoms with E-state index in [0.717, 1.165) is 6.42 Å². The molecule has 0 radical (unpaired) electrons. The summed E-state index contributed by atoms with van der Waals surface area (Å²) in [6.45, 7) is 5.87. The summed E-state index contributed by atoms with van der Waals surface area (Å²) >= 11 is 1.67. The minimum absolute atomic E-state index is 0.148. The van der Waals surface area contributed by atoms with E-state index in [0.29, 0.717) is 5.92 Å². The Morgan fingerprint density at radius 3 is 2.45 bits per heavy atom. The van der Waals surface area contributed by atoms with E-state index in [-0.39, 0.29) is 5.78 Å². The molecule has 1 atom stereocenters. The number of ketones is 1. The first-order valence-corrected chi connectivity index (χ1v) is 5.10. The summed E-state index contributed by atoms with van der Waals surface area (Å²) in [5.41, 5.74) is 0. The van der Waals surface area contributed by atoms with E-state index in [2.05, 4.69) is 13.8 Å². The standard InChI is InChI=1S/C9H16OS/c1-5-7(2)9(11-4)6-8(3)10/h6-7H,5H2,1-4H3/b9-6+. The molecule has 11 heavy (non-hydrogen) atoms. The lowest BCUT2D eigenvalue weighted by molar-refractivity contribution is -0.112. The smallest absolute Gasteiger partial charge is 0.153 e. The van der Waals surface area contributed by atoms with Gasteiger partial charge in [0, 0.05) is 0 Å². The molecule has 64 valence electrons. The Morgan fingerprint density at radius 2 is 2.18 bits per heavy atom. The van der Waals surface area contributed by atoms with E-state index in [1.165, 1.54) is 4.91 Å². The van der Waals surface area contributed by atoms with Crippen molar-refractivity contribution in [3.05, 3.63) is 11.0 Å². The molecule has 0 amide bonds. The first kappa shape index (κ1) is 10.8. The predicted octanol–water partition coefficient (Wildman–Crippen LogP) is 2.87. The average molecular weight is 172 g/mol. The van der Waals surface area contributed by atoms with Crippen LogP contribution in [0.4, 0.5) is 0 Å². The van der Waals surface area contributed by atoms with Crippen LogP contribution in [-0.4, -0.2) is 12.0 Å². The first-order chi connectivity index (χ1) is 5.11. The van der Waals surface area contributed by atoms with Crippen LogP contribution < -0.4 is 0 Å². The summed E-state index contributed by atoms with van der Waals surface area (Å²) in [5.74, 6) is 0.670. The van der Waals surface area contributed by atoms with E-state index < -0.39 is 0 Å². The van der Waals surface area contributed by atoms with Gasteiger partial charge >= 0.3 is 0 Å². The van der Waals surface area contributed by atoms with Crippen LogP contribution in [0.5, 0.6) is 0 Å². The van der Waals surface area contributed by atoms with Gasteiger partial charge in [-0.25, -0.2) is 0 Å². The third kappa shape index (κ3) is 4.25. The number of thioether (sulfide) groups is 1. The number of allylic oxidation sites excluding steroid dienone is 2. The van der Waals surface area contributed by atoms with Crippen molar-refractivity contribution in [3.8, 4) is 0 Å². The number of carbonyl (C=O) groups excluding carboxylic acids is 1. The second-order valence-corrected chi connectivity index (χ2v) is 3.55. The molecule has 0 aromatic heterocycles. The van der Waals surface area contributed by atoms with E-state index in [1.807, 2.05) is 6.26 Å². The molecule has 0 aliphatic heterocycles. The predicted molar refractivity (Wildman–Crippen MR) is 51.7 cm³/mol. The summed E-state index contributed by atoms with van der Waals surface area (Å²) in [6, 6.07) is 0. The molecule has 0 aliphatic rings. The van der Waals surface area contributed by atoms with Crippen molar-refractivity contribution >= 4 is 17.5 Å². The number of rotatable bonds is 4. The molecule has 2 heteroatoms. The fourth-order valence-electron chi connectivity index (χ4n) is 0.804. The highest BCUT2D eigenvalue weighted by Crippen LogP contribution is 2.23. The lowest BCUT2D eigenvalue weighted by Crippen LogP contribution is -1.96. The van der Waals surface area contributed by atoms with Crippen LogP contribution >= 0.6 is 11.8 Å². The molecule has 0 rings (SSSR count). The molecular formula is C9H16OS. The van der Waals surface area contributed by atoms with Crippen LogP contribution in [0.1, 0.15) is 27.2 Å². The molecule has 0 fully saturated rings. The van der Waals surface area contributed by atoms with Crippen molar-refractivity contribution in [2.24, 2.45) is 5.92 Å². The summed E-state index contributed by atoms with van der Waals surface area (Å²) in [4.78, 5) is 11.9. The highest BCUT2D eigenvalue weighted by molar-refractivity contribution is 8.02. The quantitative estimate of drug-likeness (QED) is 0.606. The Hall–Kier alpha value is -0.240. The maximum atomic E-state index is 10.7. The molecule has 0 aromatic carbocycles. The van der Waals surface area contributed by atoms with Crippen LogP contribution in [0.15, 0.2) is 11.0 Å². The van der Waals surface area contributed by atoms with Crippen LogP contribution in [0, 0.1) is 5.92 Å². The van der Waals surface area contributed by atoms with Gasteiger partial charge in [-0.05, 0) is 36.5 Å². The normalized spacial score (nSPS) is 14.7. The molecule has 1 nitrogen and oxygen atoms in total. The lowest BCUT2D eigenvalue weighted by atomic mass is 10.1. The number of hydrogen-bond acceptors (Lipinski definition) is 2. The summed E-state index contributed by atoms with van der Waals surface area (Å²) < 4.78 is 0. The third-order valence-corrected chi connectivity index (χ3v) is 2.67. The maximum Gasteiger partial charge on any atom is 0.153 e. The zero-order valence-electron chi connectivity index (χ0n) is 7.68. The van der Waals surface area contributed by atoms with Gasteiger partial charge < -0.3 is 0 Å². The van der Waals surface area contributed by atoms with Crippen molar-refractivity contribution in [2.45, 2.75) is 27.2 Å². The van der Waals surface area contributed by atoms with E-state index in [4.69, 9.17) is 0 Å². The zero-order valence-corrected chi connectivity index (χ0v) is 8.49. The van der Waals surface area contributed by atoms with Gasteiger partial charge in [0.15, 0.2) is 5.78 Å². The summed E-state index contributed by atoms with van der Waals surface area (Å²) in [6.07, 6.45) is 4.85. The topological polar surface area (TPSA) is 17.1 Å². The zero-order chi connectivity index (χ0) is 8.85. The molecular weight excluding hydrogens is 156 g/mol. The van der Waals surface area contributed by atoms with E-state index in [1.54, 1.807) is 24.8 Å². The fourth-order valence-corrected chi connectivity index (χ4v) is 1.66. The maximum absolute atomic E-state index is 10.7. The van der Waals surface area contributed by atoms with Gasteiger partial charge in [-0.15, -0.1) is 11.8 Å². The van der Waals surface area contributed by atoms with Crippen molar-refractivity contribution in [2.75, 3.05) is 6.26 Å². The molecule has 0 N–H and O–H groups in total. The molecule has 0 saturated carbocycles. The highest BCUT2D eigenvalue weighted by atomic mass is 32.2. The Morgan fingerprint density at radius 1 is 1.64 bits per heavy atom. The largest absolute Gasteiger partial charge is 0.295 e. The van der Waals surface area contributed by atoms with Crippen molar-refractivity contribution in [1.29, 1.82) is 0 Å². The number of carbonyl (C=O) groups is 1. The van der Waals surface area contributed by atoms with Gasteiger partial charge in [0.05, 0.1) is 0 Å². The second kappa shape index (κ2) is 5.42. The first-order valence-electron chi connectivity index (χ1n) is 3.88. The lowest BCUT2D eigenvalue weighted by Gasteiger charge is -2.09. The summed E-state index contributed by atoms with van der Waals surface area (Å²) in [5, 5.41) is 0. The van der Waals surface area contributed by atoms with E-state index >= 15 is 0 Å². The average Bonchev–Trinajstić information content (AvgIpc) is 1.98. The van der Waals surface area contributed by atoms with Gasteiger partial charge in [-0.1, -0.05) is 13.8 Å². The number of hydrogen-bond donors (Lipinski definition) is 0. The van der Waals surface area contributed by atoms with Crippen LogP contribution in [0.3, 0.4) is 0 Å².